The summed E-state index contributed by atoms with van der Waals surface area (Å²) >= 11 is 10.1. The quantitative estimate of drug-likeness (QED) is 0.863. The van der Waals surface area contributed by atoms with Crippen molar-refractivity contribution < 1.29 is 13.2 Å². The first-order valence-corrected chi connectivity index (χ1v) is 9.05. The van der Waals surface area contributed by atoms with Gasteiger partial charge in [0.25, 0.3) is 10.0 Å². The summed E-state index contributed by atoms with van der Waals surface area (Å²) in [6.45, 7) is 2.39. The van der Waals surface area contributed by atoms with Crippen molar-refractivity contribution in [3.63, 3.8) is 0 Å². The molecule has 1 aliphatic heterocycles. The van der Waals surface area contributed by atoms with Crippen LogP contribution in [0, 0.1) is 0 Å². The monoisotopic (exact) mass is 386 g/mol. The lowest BCUT2D eigenvalue weighted by atomic mass is 10.2. The Hall–Kier alpha value is -0.150. The molecular weight excluding hydrogens is 376 g/mol. The van der Waals surface area contributed by atoms with E-state index in [2.05, 4.69) is 21.2 Å². The maximum absolute atomic E-state index is 12.5. The minimum atomic E-state index is -3.68. The third kappa shape index (κ3) is 2.82. The van der Waals surface area contributed by atoms with Crippen LogP contribution in [-0.2, 0) is 14.8 Å². The maximum Gasteiger partial charge on any atom is 0.253 e. The van der Waals surface area contributed by atoms with E-state index in [0.29, 0.717) is 21.8 Å². The van der Waals surface area contributed by atoms with Gasteiger partial charge in [-0.1, -0.05) is 18.5 Å². The van der Waals surface area contributed by atoms with E-state index >= 15 is 0 Å². The van der Waals surface area contributed by atoms with Gasteiger partial charge in [0.15, 0.2) is 0 Å². The molecule has 9 heteroatoms. The molecule has 1 fully saturated rings. The summed E-state index contributed by atoms with van der Waals surface area (Å²) in [4.78, 5) is 11.7. The van der Waals surface area contributed by atoms with E-state index < -0.39 is 16.1 Å². The summed E-state index contributed by atoms with van der Waals surface area (Å²) in [6.07, 6.45) is 0.436. The smallest absolute Gasteiger partial charge is 0.253 e. The van der Waals surface area contributed by atoms with Crippen LogP contribution in [0.4, 0.5) is 0 Å². The number of hydrogen-bond acceptors (Lipinski definition) is 4. The van der Waals surface area contributed by atoms with E-state index in [0.717, 1.165) is 11.3 Å². The summed E-state index contributed by atoms with van der Waals surface area (Å²) in [5.41, 5.74) is 0. The molecule has 0 saturated carbocycles. The average molecular weight is 388 g/mol. The fourth-order valence-corrected chi connectivity index (χ4v) is 6.13. The van der Waals surface area contributed by atoms with Crippen molar-refractivity contribution in [1.82, 2.24) is 9.62 Å². The van der Waals surface area contributed by atoms with Crippen LogP contribution in [0.15, 0.2) is 14.1 Å². The Morgan fingerprint density at radius 1 is 1.63 bits per heavy atom. The first kappa shape index (κ1) is 15.2. The molecule has 0 spiro atoms. The van der Waals surface area contributed by atoms with Crippen LogP contribution in [0.25, 0.3) is 0 Å². The fourth-order valence-electron chi connectivity index (χ4n) is 1.94. The van der Waals surface area contributed by atoms with Crippen molar-refractivity contribution in [2.45, 2.75) is 23.6 Å². The van der Waals surface area contributed by atoms with Gasteiger partial charge >= 0.3 is 0 Å². The molecule has 0 bridgehead atoms. The largest absolute Gasteiger partial charge is 0.353 e. The molecule has 1 aromatic heterocycles. The van der Waals surface area contributed by atoms with Crippen LogP contribution in [0.3, 0.4) is 0 Å². The molecule has 0 radical (unpaired) electrons. The highest BCUT2D eigenvalue weighted by atomic mass is 79.9. The first-order valence-electron chi connectivity index (χ1n) is 5.62. The fraction of sp³-hybridized carbons (Fsp3) is 0.500. The maximum atomic E-state index is 12.5. The molecule has 1 amide bonds. The molecule has 1 unspecified atom stereocenters. The topological polar surface area (TPSA) is 66.5 Å². The molecule has 1 saturated heterocycles. The Morgan fingerprint density at radius 2 is 2.32 bits per heavy atom. The van der Waals surface area contributed by atoms with E-state index in [1.807, 2.05) is 0 Å². The van der Waals surface area contributed by atoms with E-state index in [4.69, 9.17) is 11.6 Å². The highest BCUT2D eigenvalue weighted by molar-refractivity contribution is 9.11. The molecular formula is C10H12BrClN2O3S2. The zero-order valence-corrected chi connectivity index (χ0v) is 14.0. The second kappa shape index (κ2) is 5.69. The molecule has 0 aliphatic carbocycles. The Morgan fingerprint density at radius 3 is 2.84 bits per heavy atom. The summed E-state index contributed by atoms with van der Waals surface area (Å²) in [6, 6.07) is 0.753. The molecule has 2 rings (SSSR count). The van der Waals surface area contributed by atoms with Crippen LogP contribution in [0.5, 0.6) is 0 Å². The zero-order valence-electron chi connectivity index (χ0n) is 10.0. The number of nitrogens with one attached hydrogen (secondary N) is 1. The lowest BCUT2D eigenvalue weighted by Gasteiger charge is -2.32. The van der Waals surface area contributed by atoms with Gasteiger partial charge in [-0.2, -0.15) is 4.31 Å². The Labute approximate surface area is 129 Å². The summed E-state index contributed by atoms with van der Waals surface area (Å²) in [7, 11) is -3.68. The van der Waals surface area contributed by atoms with Gasteiger partial charge in [0, 0.05) is 13.1 Å². The van der Waals surface area contributed by atoms with Gasteiger partial charge in [-0.25, -0.2) is 8.42 Å². The lowest BCUT2D eigenvalue weighted by molar-refractivity contribution is -0.126. The number of carbonyl (C=O) groups excluding carboxylic acids is 1. The normalized spacial score (nSPS) is 21.4. The molecule has 2 heterocycles. The SMILES string of the molecule is CCC1C(=O)NCCN1S(=O)(=O)c1cc(Cl)c(Br)s1. The second-order valence-corrected chi connectivity index (χ2v) is 8.91. The molecule has 1 aromatic rings. The van der Waals surface area contributed by atoms with Crippen molar-refractivity contribution in [2.75, 3.05) is 13.1 Å². The number of rotatable bonds is 3. The highest BCUT2D eigenvalue weighted by Gasteiger charge is 2.38. The number of amides is 1. The van der Waals surface area contributed by atoms with Crippen LogP contribution in [0.1, 0.15) is 13.3 Å². The standard InChI is InChI=1S/C10H12BrClN2O3S2/c1-2-7-10(15)13-3-4-14(7)19(16,17)8-5-6(12)9(11)18-8/h5,7H,2-4H2,1H3,(H,13,15). The van der Waals surface area contributed by atoms with Gasteiger partial charge in [-0.3, -0.25) is 4.79 Å². The number of thiophene rings is 1. The van der Waals surface area contributed by atoms with Crippen molar-refractivity contribution >= 4 is 54.8 Å². The molecule has 19 heavy (non-hydrogen) atoms. The van der Waals surface area contributed by atoms with Gasteiger partial charge < -0.3 is 5.32 Å². The summed E-state index contributed by atoms with van der Waals surface area (Å²) in [5, 5.41) is 3.04. The predicted molar refractivity (Wildman–Crippen MR) is 78.0 cm³/mol. The first-order chi connectivity index (χ1) is 8.87. The molecule has 1 atom stereocenters. The minimum absolute atomic E-state index is 0.150. The number of nitrogens with zero attached hydrogens (tertiary/aromatic N) is 1. The highest BCUT2D eigenvalue weighted by Crippen LogP contribution is 2.36. The lowest BCUT2D eigenvalue weighted by Crippen LogP contribution is -2.56. The van der Waals surface area contributed by atoms with E-state index in [-0.39, 0.29) is 16.7 Å². The molecule has 1 N–H and O–H groups in total. The Kier molecular flexibility index (Phi) is 4.56. The number of piperazine rings is 1. The number of hydrogen-bond donors (Lipinski definition) is 1. The van der Waals surface area contributed by atoms with Crippen LogP contribution in [0.2, 0.25) is 5.02 Å². The molecule has 5 nitrogen and oxygen atoms in total. The van der Waals surface area contributed by atoms with Crippen molar-refractivity contribution in [1.29, 1.82) is 0 Å². The van der Waals surface area contributed by atoms with Crippen molar-refractivity contribution in [3.8, 4) is 0 Å². The van der Waals surface area contributed by atoms with Gasteiger partial charge in [-0.15, -0.1) is 11.3 Å². The Balaban J connectivity index is 2.40. The van der Waals surface area contributed by atoms with Crippen molar-refractivity contribution in [2.24, 2.45) is 0 Å². The molecule has 1 aliphatic rings. The molecule has 106 valence electrons. The average Bonchev–Trinajstić information content (AvgIpc) is 2.70. The van der Waals surface area contributed by atoms with Crippen LogP contribution in [-0.4, -0.2) is 37.8 Å². The van der Waals surface area contributed by atoms with Gasteiger partial charge in [0.05, 0.1) is 8.81 Å². The number of sulfonamides is 1. The summed E-state index contributed by atoms with van der Waals surface area (Å²) < 4.78 is 27.1. The van der Waals surface area contributed by atoms with E-state index in [9.17, 15) is 13.2 Å². The number of halogens is 2. The van der Waals surface area contributed by atoms with Crippen molar-refractivity contribution in [3.05, 3.63) is 14.9 Å². The summed E-state index contributed by atoms with van der Waals surface area (Å²) in [5.74, 6) is -0.251. The van der Waals surface area contributed by atoms with E-state index in [1.165, 1.54) is 10.4 Å². The van der Waals surface area contributed by atoms with Gasteiger partial charge in [0.1, 0.15) is 10.3 Å². The third-order valence-corrected chi connectivity index (χ3v) is 7.69. The predicted octanol–water partition coefficient (Wildman–Crippen LogP) is 2.06. The van der Waals surface area contributed by atoms with Crippen LogP contribution >= 0.6 is 38.9 Å². The van der Waals surface area contributed by atoms with Gasteiger partial charge in [-0.05, 0) is 28.4 Å². The second-order valence-electron chi connectivity index (χ2n) is 4.02. The number of carbonyl (C=O) groups is 1. The third-order valence-electron chi connectivity index (χ3n) is 2.85. The van der Waals surface area contributed by atoms with Gasteiger partial charge in [0.2, 0.25) is 5.91 Å². The van der Waals surface area contributed by atoms with Crippen LogP contribution < -0.4 is 5.32 Å². The minimum Gasteiger partial charge on any atom is -0.353 e. The molecule has 0 aromatic carbocycles. The zero-order chi connectivity index (χ0) is 14.2. The van der Waals surface area contributed by atoms with E-state index in [1.54, 1.807) is 6.92 Å². The Bertz CT molecular complexity index is 582.